The van der Waals surface area contributed by atoms with E-state index in [9.17, 15) is 4.79 Å². The number of ether oxygens (including phenoxy) is 1. The summed E-state index contributed by atoms with van der Waals surface area (Å²) in [4.78, 5) is 14.0. The predicted octanol–water partition coefficient (Wildman–Crippen LogP) is 3.03. The van der Waals surface area contributed by atoms with Crippen molar-refractivity contribution in [2.75, 3.05) is 14.2 Å². The molecule has 0 aliphatic rings. The van der Waals surface area contributed by atoms with Crippen LogP contribution in [0.1, 0.15) is 21.8 Å². The molecule has 5 nitrogen and oxygen atoms in total. The Hall–Kier alpha value is -1.82. The lowest BCUT2D eigenvalue weighted by molar-refractivity contribution is 0.0781. The van der Waals surface area contributed by atoms with Crippen LogP contribution in [-0.2, 0) is 6.54 Å². The monoisotopic (exact) mass is 338 g/mol. The van der Waals surface area contributed by atoms with Crippen molar-refractivity contribution in [3.05, 3.63) is 45.8 Å². The van der Waals surface area contributed by atoms with Crippen LogP contribution in [0, 0.1) is 6.92 Å². The Kier molecular flexibility index (Phi) is 4.44. The zero-order valence-corrected chi connectivity index (χ0v) is 13.1. The van der Waals surface area contributed by atoms with Gasteiger partial charge in [-0.25, -0.2) is 0 Å². The van der Waals surface area contributed by atoms with Crippen LogP contribution in [0.2, 0.25) is 0 Å². The van der Waals surface area contributed by atoms with Crippen molar-refractivity contribution in [3.8, 4) is 5.75 Å². The number of halogens is 1. The van der Waals surface area contributed by atoms with E-state index in [4.69, 9.17) is 9.26 Å². The number of methoxy groups -OCH3 is 1. The van der Waals surface area contributed by atoms with E-state index in [1.165, 1.54) is 0 Å². The first kappa shape index (κ1) is 14.6. The number of hydrogen-bond donors (Lipinski definition) is 0. The fourth-order valence-corrected chi connectivity index (χ4v) is 2.34. The first-order valence-corrected chi connectivity index (χ1v) is 6.81. The number of benzene rings is 1. The number of nitrogens with zero attached hydrogens (tertiary/aromatic N) is 2. The SMILES string of the molecule is COc1ccc(C(=O)N(C)Cc2cc(C)on2)c(Br)c1. The molecule has 0 radical (unpaired) electrons. The third-order valence-corrected chi connectivity index (χ3v) is 3.49. The summed E-state index contributed by atoms with van der Waals surface area (Å²) < 4.78 is 10.8. The number of hydrogen-bond acceptors (Lipinski definition) is 4. The smallest absolute Gasteiger partial charge is 0.255 e. The molecular formula is C14H15BrN2O3. The second kappa shape index (κ2) is 6.09. The Labute approximate surface area is 125 Å². The van der Waals surface area contributed by atoms with Crippen LogP contribution in [-0.4, -0.2) is 30.1 Å². The minimum Gasteiger partial charge on any atom is -0.497 e. The van der Waals surface area contributed by atoms with Gasteiger partial charge in [0, 0.05) is 17.6 Å². The van der Waals surface area contributed by atoms with E-state index in [2.05, 4.69) is 21.1 Å². The fourth-order valence-electron chi connectivity index (χ4n) is 1.81. The summed E-state index contributed by atoms with van der Waals surface area (Å²) in [7, 11) is 3.31. The zero-order valence-electron chi connectivity index (χ0n) is 11.5. The van der Waals surface area contributed by atoms with Crippen LogP contribution in [0.15, 0.2) is 33.3 Å². The summed E-state index contributed by atoms with van der Waals surface area (Å²) in [6, 6.07) is 7.07. The largest absolute Gasteiger partial charge is 0.497 e. The number of aromatic nitrogens is 1. The molecule has 0 saturated carbocycles. The summed E-state index contributed by atoms with van der Waals surface area (Å²) in [5.74, 6) is 1.33. The Morgan fingerprint density at radius 1 is 1.45 bits per heavy atom. The van der Waals surface area contributed by atoms with E-state index in [1.807, 2.05) is 13.0 Å². The molecule has 0 N–H and O–H groups in total. The van der Waals surface area contributed by atoms with E-state index in [1.54, 1.807) is 37.3 Å². The van der Waals surface area contributed by atoms with Gasteiger partial charge in [0.05, 0.1) is 19.2 Å². The molecule has 1 aromatic heterocycles. The van der Waals surface area contributed by atoms with Crippen molar-refractivity contribution in [1.82, 2.24) is 10.1 Å². The maximum absolute atomic E-state index is 12.4. The summed E-state index contributed by atoms with van der Waals surface area (Å²) in [5, 5.41) is 3.88. The van der Waals surface area contributed by atoms with Crippen LogP contribution in [0.25, 0.3) is 0 Å². The molecule has 0 aliphatic heterocycles. The third-order valence-electron chi connectivity index (χ3n) is 2.83. The molecule has 0 spiro atoms. The van der Waals surface area contributed by atoms with Gasteiger partial charge in [-0.05, 0) is 41.1 Å². The quantitative estimate of drug-likeness (QED) is 0.859. The lowest BCUT2D eigenvalue weighted by atomic mass is 10.2. The van der Waals surface area contributed by atoms with Gasteiger partial charge in [0.2, 0.25) is 0 Å². The van der Waals surface area contributed by atoms with Gasteiger partial charge in [0.1, 0.15) is 17.2 Å². The van der Waals surface area contributed by atoms with Gasteiger partial charge in [0.15, 0.2) is 0 Å². The van der Waals surface area contributed by atoms with Crippen molar-refractivity contribution >= 4 is 21.8 Å². The van der Waals surface area contributed by atoms with Gasteiger partial charge in [-0.15, -0.1) is 0 Å². The summed E-state index contributed by atoms with van der Waals surface area (Å²) in [6.07, 6.45) is 0. The van der Waals surface area contributed by atoms with Crippen LogP contribution in [0.3, 0.4) is 0 Å². The highest BCUT2D eigenvalue weighted by molar-refractivity contribution is 9.10. The summed E-state index contributed by atoms with van der Waals surface area (Å²) in [6.45, 7) is 2.22. The molecule has 0 aliphatic carbocycles. The van der Waals surface area contributed by atoms with Gasteiger partial charge in [-0.1, -0.05) is 5.16 Å². The Morgan fingerprint density at radius 3 is 2.75 bits per heavy atom. The maximum atomic E-state index is 12.4. The normalized spacial score (nSPS) is 10.4. The van der Waals surface area contributed by atoms with Gasteiger partial charge in [0.25, 0.3) is 5.91 Å². The Morgan fingerprint density at radius 2 is 2.20 bits per heavy atom. The Balaban J connectivity index is 2.14. The minimum atomic E-state index is -0.0971. The second-order valence-electron chi connectivity index (χ2n) is 4.44. The summed E-state index contributed by atoms with van der Waals surface area (Å²) >= 11 is 3.38. The third kappa shape index (κ3) is 3.19. The van der Waals surface area contributed by atoms with E-state index >= 15 is 0 Å². The highest BCUT2D eigenvalue weighted by Crippen LogP contribution is 2.24. The first-order chi connectivity index (χ1) is 9.51. The van der Waals surface area contributed by atoms with Crippen LogP contribution < -0.4 is 4.74 Å². The molecule has 0 fully saturated rings. The number of rotatable bonds is 4. The maximum Gasteiger partial charge on any atom is 0.255 e. The highest BCUT2D eigenvalue weighted by atomic mass is 79.9. The molecule has 20 heavy (non-hydrogen) atoms. The zero-order chi connectivity index (χ0) is 14.7. The molecule has 1 heterocycles. The van der Waals surface area contributed by atoms with Crippen molar-refractivity contribution < 1.29 is 14.1 Å². The number of aryl methyl sites for hydroxylation is 1. The van der Waals surface area contributed by atoms with Crippen molar-refractivity contribution in [1.29, 1.82) is 0 Å². The molecular weight excluding hydrogens is 324 g/mol. The molecule has 0 saturated heterocycles. The average Bonchev–Trinajstić information content (AvgIpc) is 2.83. The van der Waals surface area contributed by atoms with Crippen LogP contribution >= 0.6 is 15.9 Å². The standard InChI is InChI=1S/C14H15BrN2O3/c1-9-6-10(16-20-9)8-17(2)14(18)12-5-4-11(19-3)7-13(12)15/h4-7H,8H2,1-3H3. The minimum absolute atomic E-state index is 0.0971. The molecule has 0 bridgehead atoms. The first-order valence-electron chi connectivity index (χ1n) is 6.02. The highest BCUT2D eigenvalue weighted by Gasteiger charge is 2.16. The van der Waals surface area contributed by atoms with Crippen LogP contribution in [0.5, 0.6) is 5.75 Å². The van der Waals surface area contributed by atoms with Gasteiger partial charge in [-0.3, -0.25) is 4.79 Å². The number of amides is 1. The summed E-state index contributed by atoms with van der Waals surface area (Å²) in [5.41, 5.74) is 1.30. The number of carbonyl (C=O) groups excluding carboxylic acids is 1. The van der Waals surface area contributed by atoms with Gasteiger partial charge < -0.3 is 14.2 Å². The lowest BCUT2D eigenvalue weighted by Gasteiger charge is -2.16. The number of carbonyl (C=O) groups is 1. The molecule has 1 aromatic carbocycles. The predicted molar refractivity (Wildman–Crippen MR) is 77.7 cm³/mol. The topological polar surface area (TPSA) is 55.6 Å². The fraction of sp³-hybridized carbons (Fsp3) is 0.286. The van der Waals surface area contributed by atoms with E-state index in [0.29, 0.717) is 22.3 Å². The molecule has 0 atom stereocenters. The molecule has 2 aromatic rings. The average molecular weight is 339 g/mol. The van der Waals surface area contributed by atoms with Gasteiger partial charge in [-0.2, -0.15) is 0 Å². The second-order valence-corrected chi connectivity index (χ2v) is 5.29. The van der Waals surface area contributed by atoms with E-state index < -0.39 is 0 Å². The van der Waals surface area contributed by atoms with Gasteiger partial charge >= 0.3 is 0 Å². The molecule has 0 unspecified atom stereocenters. The molecule has 106 valence electrons. The lowest BCUT2D eigenvalue weighted by Crippen LogP contribution is -2.26. The van der Waals surface area contributed by atoms with Crippen molar-refractivity contribution in [2.45, 2.75) is 13.5 Å². The molecule has 1 amide bonds. The molecule has 6 heteroatoms. The van der Waals surface area contributed by atoms with Crippen molar-refractivity contribution in [3.63, 3.8) is 0 Å². The Bertz CT molecular complexity index is 625. The van der Waals surface area contributed by atoms with Crippen LogP contribution in [0.4, 0.5) is 0 Å². The van der Waals surface area contributed by atoms with E-state index in [-0.39, 0.29) is 5.91 Å². The molecule has 2 rings (SSSR count). The van der Waals surface area contributed by atoms with E-state index in [0.717, 1.165) is 11.5 Å². The van der Waals surface area contributed by atoms with Crippen molar-refractivity contribution in [2.24, 2.45) is 0 Å².